The van der Waals surface area contributed by atoms with Gasteiger partial charge in [0.15, 0.2) is 0 Å². The molecule has 1 aliphatic carbocycles. The van der Waals surface area contributed by atoms with Crippen molar-refractivity contribution in [3.05, 3.63) is 0 Å². The quantitative estimate of drug-likeness (QED) is 0.712. The molecule has 1 unspecified atom stereocenters. The number of aliphatic carboxylic acids is 1. The molecule has 1 rings (SSSR count). The molecule has 13 heavy (non-hydrogen) atoms. The lowest BCUT2D eigenvalue weighted by Crippen LogP contribution is -2.36. The average molecular weight is 184 g/mol. The van der Waals surface area contributed by atoms with Crippen LogP contribution in [0.4, 0.5) is 0 Å². The minimum Gasteiger partial charge on any atom is -0.481 e. The van der Waals surface area contributed by atoms with E-state index >= 15 is 0 Å². The van der Waals surface area contributed by atoms with Gasteiger partial charge in [0.05, 0.1) is 6.42 Å². The molecule has 1 aliphatic rings. The number of ketones is 1. The number of carbonyl (C=O) groups excluding carboxylic acids is 1. The molecule has 74 valence electrons. The molecule has 0 spiro atoms. The second-order valence-corrected chi connectivity index (χ2v) is 4.46. The minimum atomic E-state index is -0.867. The summed E-state index contributed by atoms with van der Waals surface area (Å²) >= 11 is 0. The van der Waals surface area contributed by atoms with E-state index in [-0.39, 0.29) is 23.5 Å². The highest BCUT2D eigenvalue weighted by Crippen LogP contribution is 2.40. The first-order valence-corrected chi connectivity index (χ1v) is 4.68. The van der Waals surface area contributed by atoms with Gasteiger partial charge >= 0.3 is 5.97 Å². The van der Waals surface area contributed by atoms with Crippen LogP contribution in [0, 0.1) is 11.3 Å². The van der Waals surface area contributed by atoms with Gasteiger partial charge in [-0.3, -0.25) is 9.59 Å². The number of hydrogen-bond acceptors (Lipinski definition) is 2. The van der Waals surface area contributed by atoms with E-state index in [2.05, 4.69) is 0 Å². The van der Waals surface area contributed by atoms with E-state index in [4.69, 9.17) is 5.11 Å². The van der Waals surface area contributed by atoms with Crippen molar-refractivity contribution in [2.75, 3.05) is 0 Å². The SMILES string of the molecule is CC1(C)CCCC(=O)C1CC(=O)O. The van der Waals surface area contributed by atoms with Crippen LogP contribution in [0.25, 0.3) is 0 Å². The van der Waals surface area contributed by atoms with Crippen molar-refractivity contribution in [3.63, 3.8) is 0 Å². The minimum absolute atomic E-state index is 0.00810. The molecular weight excluding hydrogens is 168 g/mol. The number of Topliss-reactive ketones (excluding diaryl/α,β-unsaturated/α-hetero) is 1. The predicted octanol–water partition coefficient (Wildman–Crippen LogP) is 1.86. The highest BCUT2D eigenvalue weighted by atomic mass is 16.4. The smallest absolute Gasteiger partial charge is 0.304 e. The lowest BCUT2D eigenvalue weighted by molar-refractivity contribution is -0.144. The Morgan fingerprint density at radius 1 is 1.62 bits per heavy atom. The van der Waals surface area contributed by atoms with Crippen LogP contribution in [0.3, 0.4) is 0 Å². The van der Waals surface area contributed by atoms with Crippen molar-refractivity contribution in [1.29, 1.82) is 0 Å². The molecule has 1 saturated carbocycles. The maximum atomic E-state index is 11.5. The van der Waals surface area contributed by atoms with Gasteiger partial charge in [-0.15, -0.1) is 0 Å². The van der Waals surface area contributed by atoms with Crippen molar-refractivity contribution < 1.29 is 14.7 Å². The Morgan fingerprint density at radius 2 is 2.23 bits per heavy atom. The molecule has 0 amide bonds. The summed E-state index contributed by atoms with van der Waals surface area (Å²) in [4.78, 5) is 22.0. The molecule has 0 bridgehead atoms. The van der Waals surface area contributed by atoms with Gasteiger partial charge in [0.25, 0.3) is 0 Å². The predicted molar refractivity (Wildman–Crippen MR) is 48.4 cm³/mol. The lowest BCUT2D eigenvalue weighted by Gasteiger charge is -2.36. The molecule has 0 saturated heterocycles. The average Bonchev–Trinajstić information content (AvgIpc) is 1.96. The Balaban J connectivity index is 2.74. The Bertz CT molecular complexity index is 230. The first kappa shape index (κ1) is 10.2. The van der Waals surface area contributed by atoms with Crippen LogP contribution < -0.4 is 0 Å². The Hall–Kier alpha value is -0.860. The van der Waals surface area contributed by atoms with E-state index in [9.17, 15) is 9.59 Å². The molecule has 1 fully saturated rings. The van der Waals surface area contributed by atoms with Crippen molar-refractivity contribution in [1.82, 2.24) is 0 Å². The zero-order chi connectivity index (χ0) is 10.1. The van der Waals surface area contributed by atoms with E-state index in [0.29, 0.717) is 6.42 Å². The summed E-state index contributed by atoms with van der Waals surface area (Å²) in [6, 6.07) is 0. The molecule has 1 atom stereocenters. The summed E-state index contributed by atoms with van der Waals surface area (Å²) in [5, 5.41) is 8.66. The Kier molecular flexibility index (Phi) is 2.74. The van der Waals surface area contributed by atoms with Crippen LogP contribution in [0.2, 0.25) is 0 Å². The van der Waals surface area contributed by atoms with Gasteiger partial charge in [-0.25, -0.2) is 0 Å². The van der Waals surface area contributed by atoms with E-state index in [1.807, 2.05) is 13.8 Å². The molecule has 0 aromatic heterocycles. The standard InChI is InChI=1S/C10H16O3/c1-10(2)5-3-4-8(11)7(10)6-9(12)13/h7H,3-6H2,1-2H3,(H,12,13). The van der Waals surface area contributed by atoms with Gasteiger partial charge in [-0.05, 0) is 18.3 Å². The number of carbonyl (C=O) groups is 2. The summed E-state index contributed by atoms with van der Waals surface area (Å²) in [6.45, 7) is 3.97. The van der Waals surface area contributed by atoms with Crippen LogP contribution in [0.1, 0.15) is 39.5 Å². The van der Waals surface area contributed by atoms with E-state index in [0.717, 1.165) is 12.8 Å². The second kappa shape index (κ2) is 3.48. The summed E-state index contributed by atoms with van der Waals surface area (Å²) in [6.07, 6.45) is 2.41. The molecule has 0 aromatic rings. The second-order valence-electron chi connectivity index (χ2n) is 4.46. The van der Waals surface area contributed by atoms with Gasteiger partial charge < -0.3 is 5.11 Å². The van der Waals surface area contributed by atoms with Gasteiger partial charge in [-0.2, -0.15) is 0 Å². The fourth-order valence-electron chi connectivity index (χ4n) is 2.07. The molecule has 1 N–H and O–H groups in total. The first-order chi connectivity index (χ1) is 5.93. The van der Waals surface area contributed by atoms with Crippen molar-refractivity contribution >= 4 is 11.8 Å². The number of carboxylic acids is 1. The van der Waals surface area contributed by atoms with Crippen LogP contribution >= 0.6 is 0 Å². The molecular formula is C10H16O3. The molecule has 0 radical (unpaired) electrons. The zero-order valence-corrected chi connectivity index (χ0v) is 8.17. The summed E-state index contributed by atoms with van der Waals surface area (Å²) in [7, 11) is 0. The first-order valence-electron chi connectivity index (χ1n) is 4.68. The zero-order valence-electron chi connectivity index (χ0n) is 8.17. The maximum Gasteiger partial charge on any atom is 0.304 e. The third-order valence-corrected chi connectivity index (χ3v) is 2.96. The highest BCUT2D eigenvalue weighted by molar-refractivity contribution is 5.86. The molecule has 0 aliphatic heterocycles. The number of rotatable bonds is 2. The lowest BCUT2D eigenvalue weighted by atomic mass is 9.67. The van der Waals surface area contributed by atoms with Crippen molar-refractivity contribution in [2.45, 2.75) is 39.5 Å². The number of hydrogen-bond donors (Lipinski definition) is 1. The van der Waals surface area contributed by atoms with E-state index < -0.39 is 5.97 Å². The fourth-order valence-corrected chi connectivity index (χ4v) is 2.07. The largest absolute Gasteiger partial charge is 0.481 e. The third kappa shape index (κ3) is 2.29. The Morgan fingerprint density at radius 3 is 2.69 bits per heavy atom. The van der Waals surface area contributed by atoms with Gasteiger partial charge in [0, 0.05) is 12.3 Å². The van der Waals surface area contributed by atoms with Gasteiger partial charge in [-0.1, -0.05) is 13.8 Å². The summed E-state index contributed by atoms with van der Waals surface area (Å²) < 4.78 is 0. The number of carboxylic acid groups (broad SMARTS) is 1. The van der Waals surface area contributed by atoms with Crippen molar-refractivity contribution in [2.24, 2.45) is 11.3 Å². The molecule has 0 aromatic carbocycles. The Labute approximate surface area is 78.1 Å². The normalized spacial score (nSPS) is 27.2. The molecule has 0 heterocycles. The van der Waals surface area contributed by atoms with Crippen LogP contribution in [-0.2, 0) is 9.59 Å². The topological polar surface area (TPSA) is 54.4 Å². The molecule has 3 nitrogen and oxygen atoms in total. The van der Waals surface area contributed by atoms with Gasteiger partial charge in [0.2, 0.25) is 0 Å². The molecule has 3 heteroatoms. The van der Waals surface area contributed by atoms with Crippen LogP contribution in [0.15, 0.2) is 0 Å². The van der Waals surface area contributed by atoms with Crippen LogP contribution in [0.5, 0.6) is 0 Å². The summed E-state index contributed by atoms with van der Waals surface area (Å²) in [5.41, 5.74) is -0.131. The van der Waals surface area contributed by atoms with Crippen LogP contribution in [-0.4, -0.2) is 16.9 Å². The monoisotopic (exact) mass is 184 g/mol. The third-order valence-electron chi connectivity index (χ3n) is 2.96. The van der Waals surface area contributed by atoms with E-state index in [1.54, 1.807) is 0 Å². The van der Waals surface area contributed by atoms with E-state index in [1.165, 1.54) is 0 Å². The highest BCUT2D eigenvalue weighted by Gasteiger charge is 2.38. The van der Waals surface area contributed by atoms with Gasteiger partial charge in [0.1, 0.15) is 5.78 Å². The summed E-state index contributed by atoms with van der Waals surface area (Å²) in [5.74, 6) is -1.02. The fraction of sp³-hybridized carbons (Fsp3) is 0.800. The van der Waals surface area contributed by atoms with Crippen molar-refractivity contribution in [3.8, 4) is 0 Å². The maximum absolute atomic E-state index is 11.5.